The van der Waals surface area contributed by atoms with Crippen LogP contribution in [0.25, 0.3) is 11.3 Å². The zero-order chi connectivity index (χ0) is 18.9. The Kier molecular flexibility index (Phi) is 5.09. The number of pyridine rings is 1. The maximum atomic E-state index is 12.5. The number of nitrogens with one attached hydrogen (secondary N) is 1. The number of H-pyrrole nitrogens is 1. The number of amides is 1. The van der Waals surface area contributed by atoms with Crippen molar-refractivity contribution in [3.63, 3.8) is 0 Å². The van der Waals surface area contributed by atoms with E-state index in [1.165, 1.54) is 0 Å². The summed E-state index contributed by atoms with van der Waals surface area (Å²) in [5.74, 6) is 1.14. The molecule has 0 radical (unpaired) electrons. The van der Waals surface area contributed by atoms with E-state index in [0.717, 1.165) is 29.9 Å². The van der Waals surface area contributed by atoms with Gasteiger partial charge in [-0.1, -0.05) is 11.6 Å². The van der Waals surface area contributed by atoms with Crippen molar-refractivity contribution in [3.8, 4) is 17.1 Å². The second-order valence-corrected chi connectivity index (χ2v) is 7.59. The number of aromatic nitrogens is 3. The summed E-state index contributed by atoms with van der Waals surface area (Å²) in [5.41, 5.74) is 0.996. The van der Waals surface area contributed by atoms with Crippen LogP contribution in [-0.2, 0) is 4.74 Å². The summed E-state index contributed by atoms with van der Waals surface area (Å²) in [6.45, 7) is 6.24. The fraction of sp³-hybridized carbons (Fsp3) is 0.500. The maximum absolute atomic E-state index is 12.5. The summed E-state index contributed by atoms with van der Waals surface area (Å²) in [6, 6.07) is 3.39. The molecule has 3 rings (SSSR count). The van der Waals surface area contributed by atoms with Gasteiger partial charge in [0, 0.05) is 6.54 Å². The van der Waals surface area contributed by atoms with Crippen LogP contribution in [0.2, 0.25) is 5.15 Å². The molecule has 140 valence electrons. The van der Waals surface area contributed by atoms with Crippen molar-refractivity contribution in [2.75, 3.05) is 13.7 Å². The van der Waals surface area contributed by atoms with Crippen molar-refractivity contribution in [2.24, 2.45) is 0 Å². The summed E-state index contributed by atoms with van der Waals surface area (Å²) in [5, 5.41) is 0.359. The number of halogens is 1. The van der Waals surface area contributed by atoms with Crippen LogP contribution in [0.15, 0.2) is 18.3 Å². The summed E-state index contributed by atoms with van der Waals surface area (Å²) < 4.78 is 10.8. The molecule has 1 atom stereocenters. The Morgan fingerprint density at radius 2 is 2.15 bits per heavy atom. The second kappa shape index (κ2) is 7.15. The Hall–Kier alpha value is -2.28. The molecular formula is C18H23ClN4O3. The van der Waals surface area contributed by atoms with Gasteiger partial charge in [-0.25, -0.2) is 14.8 Å². The third kappa shape index (κ3) is 3.93. The van der Waals surface area contributed by atoms with Gasteiger partial charge in [0.25, 0.3) is 0 Å². The van der Waals surface area contributed by atoms with Crippen LogP contribution in [0.3, 0.4) is 0 Å². The van der Waals surface area contributed by atoms with E-state index in [4.69, 9.17) is 21.1 Å². The number of carbonyl (C=O) groups is 1. The fourth-order valence-electron chi connectivity index (χ4n) is 3.01. The van der Waals surface area contributed by atoms with Crippen molar-refractivity contribution in [1.82, 2.24) is 19.9 Å². The van der Waals surface area contributed by atoms with Gasteiger partial charge in [-0.05, 0) is 45.7 Å². The van der Waals surface area contributed by atoms with Gasteiger partial charge < -0.3 is 14.5 Å². The average molecular weight is 379 g/mol. The highest BCUT2D eigenvalue weighted by atomic mass is 35.5. The van der Waals surface area contributed by atoms with Crippen LogP contribution >= 0.6 is 11.6 Å². The molecule has 1 aliphatic heterocycles. The topological polar surface area (TPSA) is 80.3 Å². The maximum Gasteiger partial charge on any atom is 0.410 e. The van der Waals surface area contributed by atoms with Gasteiger partial charge in [0.15, 0.2) is 0 Å². The highest BCUT2D eigenvalue weighted by molar-refractivity contribution is 6.29. The van der Waals surface area contributed by atoms with Crippen molar-refractivity contribution in [3.05, 3.63) is 29.3 Å². The zero-order valence-electron chi connectivity index (χ0n) is 15.4. The highest BCUT2D eigenvalue weighted by Crippen LogP contribution is 2.34. The molecule has 2 aromatic heterocycles. The number of rotatable bonds is 3. The third-order valence-electron chi connectivity index (χ3n) is 4.10. The lowest BCUT2D eigenvalue weighted by Crippen LogP contribution is -2.36. The molecule has 0 aliphatic carbocycles. The first kappa shape index (κ1) is 18.5. The Balaban J connectivity index is 1.84. The molecule has 1 saturated heterocycles. The first-order chi connectivity index (χ1) is 12.3. The molecular weight excluding hydrogens is 356 g/mol. The first-order valence-corrected chi connectivity index (χ1v) is 8.92. The molecule has 0 spiro atoms. The zero-order valence-corrected chi connectivity index (χ0v) is 16.1. The van der Waals surface area contributed by atoms with Crippen molar-refractivity contribution in [1.29, 1.82) is 0 Å². The van der Waals surface area contributed by atoms with E-state index in [1.54, 1.807) is 24.3 Å². The first-order valence-electron chi connectivity index (χ1n) is 8.54. The second-order valence-electron chi connectivity index (χ2n) is 7.20. The standard InChI is InChI=1S/C18H23ClN4O3/c1-18(2,3)26-17(24)23-9-5-6-13(23)15-20-10-12(21-15)11-7-8-14(19)22-16(11)25-4/h7-8,10,13H,5-6,9H2,1-4H3,(H,20,21)/t13-/m0/s1. The van der Waals surface area contributed by atoms with Crippen LogP contribution in [-0.4, -0.2) is 45.2 Å². The molecule has 1 amide bonds. The molecule has 0 unspecified atom stereocenters. The molecule has 0 aromatic carbocycles. The van der Waals surface area contributed by atoms with Gasteiger partial charge in [-0.3, -0.25) is 4.90 Å². The number of ether oxygens (including phenoxy) is 2. The largest absolute Gasteiger partial charge is 0.480 e. The molecule has 1 aliphatic rings. The van der Waals surface area contributed by atoms with Crippen LogP contribution in [0, 0.1) is 0 Å². The highest BCUT2D eigenvalue weighted by Gasteiger charge is 2.34. The van der Waals surface area contributed by atoms with Crippen molar-refractivity contribution in [2.45, 2.75) is 45.3 Å². The molecule has 2 aromatic rings. The number of hydrogen-bond donors (Lipinski definition) is 1. The minimum atomic E-state index is -0.527. The van der Waals surface area contributed by atoms with Crippen LogP contribution in [0.1, 0.15) is 45.5 Å². The van der Waals surface area contributed by atoms with Gasteiger partial charge in [0.05, 0.1) is 30.6 Å². The van der Waals surface area contributed by atoms with E-state index in [2.05, 4.69) is 15.0 Å². The Bertz CT molecular complexity index is 800. The Morgan fingerprint density at radius 1 is 1.38 bits per heavy atom. The fourth-order valence-corrected chi connectivity index (χ4v) is 3.15. The summed E-state index contributed by atoms with van der Waals surface area (Å²) in [7, 11) is 1.54. The van der Waals surface area contributed by atoms with E-state index in [1.807, 2.05) is 26.8 Å². The Labute approximate surface area is 157 Å². The minimum absolute atomic E-state index is 0.134. The summed E-state index contributed by atoms with van der Waals surface area (Å²) >= 11 is 5.92. The van der Waals surface area contributed by atoms with E-state index < -0.39 is 5.60 Å². The number of hydrogen-bond acceptors (Lipinski definition) is 5. The molecule has 7 nitrogen and oxygen atoms in total. The predicted molar refractivity (Wildman–Crippen MR) is 98.3 cm³/mol. The van der Waals surface area contributed by atoms with Gasteiger partial charge in [0.2, 0.25) is 5.88 Å². The van der Waals surface area contributed by atoms with Crippen molar-refractivity contribution >= 4 is 17.7 Å². The number of likely N-dealkylation sites (tertiary alicyclic amines) is 1. The molecule has 26 heavy (non-hydrogen) atoms. The normalized spacial score (nSPS) is 17.4. The molecule has 0 saturated carbocycles. The van der Waals surface area contributed by atoms with Gasteiger partial charge in [-0.15, -0.1) is 0 Å². The average Bonchev–Trinajstić information content (AvgIpc) is 3.21. The van der Waals surface area contributed by atoms with Crippen molar-refractivity contribution < 1.29 is 14.3 Å². The lowest BCUT2D eigenvalue weighted by atomic mass is 10.2. The molecule has 1 N–H and O–H groups in total. The summed E-state index contributed by atoms with van der Waals surface area (Å²) in [6.07, 6.45) is 3.14. The smallest absolute Gasteiger partial charge is 0.410 e. The minimum Gasteiger partial charge on any atom is -0.480 e. The van der Waals surface area contributed by atoms with Crippen LogP contribution in [0.5, 0.6) is 5.88 Å². The van der Waals surface area contributed by atoms with Gasteiger partial charge in [0.1, 0.15) is 16.6 Å². The molecule has 0 bridgehead atoms. The predicted octanol–water partition coefficient (Wildman–Crippen LogP) is 4.21. The van der Waals surface area contributed by atoms with E-state index >= 15 is 0 Å². The summed E-state index contributed by atoms with van der Waals surface area (Å²) in [4.78, 5) is 26.1. The van der Waals surface area contributed by atoms with Crippen LogP contribution in [0.4, 0.5) is 4.79 Å². The monoisotopic (exact) mass is 378 g/mol. The lowest BCUT2D eigenvalue weighted by molar-refractivity contribution is 0.0218. The third-order valence-corrected chi connectivity index (χ3v) is 4.31. The quantitative estimate of drug-likeness (QED) is 0.809. The van der Waals surface area contributed by atoms with Crippen LogP contribution < -0.4 is 4.74 Å². The SMILES string of the molecule is COc1nc(Cl)ccc1-c1cnc([C@@H]2CCCN2C(=O)OC(C)(C)C)[nH]1. The number of nitrogens with zero attached hydrogens (tertiary/aromatic N) is 3. The molecule has 8 heteroatoms. The number of carbonyl (C=O) groups excluding carboxylic acids is 1. The number of aromatic amines is 1. The lowest BCUT2D eigenvalue weighted by Gasteiger charge is -2.27. The van der Waals surface area contributed by atoms with Gasteiger partial charge >= 0.3 is 6.09 Å². The Morgan fingerprint density at radius 3 is 2.85 bits per heavy atom. The van der Waals surface area contributed by atoms with E-state index in [9.17, 15) is 4.79 Å². The number of methoxy groups -OCH3 is 1. The van der Waals surface area contributed by atoms with Gasteiger partial charge in [-0.2, -0.15) is 0 Å². The molecule has 1 fully saturated rings. The van der Waals surface area contributed by atoms with E-state index in [-0.39, 0.29) is 12.1 Å². The van der Waals surface area contributed by atoms with E-state index in [0.29, 0.717) is 17.6 Å². The molecule has 3 heterocycles. The number of imidazole rings is 1.